The molecule has 1 aromatic rings. The highest BCUT2D eigenvalue weighted by molar-refractivity contribution is 7.99. The van der Waals surface area contributed by atoms with Crippen molar-refractivity contribution in [3.8, 4) is 5.75 Å². The fourth-order valence-corrected chi connectivity index (χ4v) is 2.73. The highest BCUT2D eigenvalue weighted by atomic mass is 32.2. The van der Waals surface area contributed by atoms with E-state index in [0.717, 1.165) is 31.9 Å². The van der Waals surface area contributed by atoms with Gasteiger partial charge < -0.3 is 10.1 Å². The highest BCUT2D eigenvalue weighted by Crippen LogP contribution is 2.25. The standard InChI is InChI=1S/C16H27NOS/c1-5-17-12-15-10-13(3)16(14(4)11-15)18-8-7-9-19-6-2/h10-11,17H,5-9,12H2,1-4H3. The van der Waals surface area contributed by atoms with Gasteiger partial charge >= 0.3 is 0 Å². The summed E-state index contributed by atoms with van der Waals surface area (Å²) in [5.74, 6) is 3.45. The molecule has 0 radical (unpaired) electrons. The third-order valence-corrected chi connectivity index (χ3v) is 3.97. The Labute approximate surface area is 122 Å². The lowest BCUT2D eigenvalue weighted by Crippen LogP contribution is -2.12. The van der Waals surface area contributed by atoms with Crippen molar-refractivity contribution in [2.45, 2.75) is 40.7 Å². The Bertz CT molecular complexity index is 356. The summed E-state index contributed by atoms with van der Waals surface area (Å²) in [6.45, 7) is 11.4. The van der Waals surface area contributed by atoms with E-state index in [0.29, 0.717) is 0 Å². The van der Waals surface area contributed by atoms with E-state index in [1.54, 1.807) is 0 Å². The maximum Gasteiger partial charge on any atom is 0.125 e. The zero-order valence-corrected chi connectivity index (χ0v) is 13.5. The second kappa shape index (κ2) is 9.27. The van der Waals surface area contributed by atoms with Crippen LogP contribution in [-0.4, -0.2) is 24.7 Å². The Hall–Kier alpha value is -0.670. The molecule has 0 saturated heterocycles. The predicted molar refractivity (Wildman–Crippen MR) is 86.4 cm³/mol. The van der Waals surface area contributed by atoms with Crippen LogP contribution >= 0.6 is 11.8 Å². The molecule has 0 saturated carbocycles. The largest absolute Gasteiger partial charge is 0.493 e. The topological polar surface area (TPSA) is 21.3 Å². The Morgan fingerprint density at radius 1 is 1.16 bits per heavy atom. The number of thioether (sulfide) groups is 1. The van der Waals surface area contributed by atoms with Gasteiger partial charge in [-0.25, -0.2) is 0 Å². The van der Waals surface area contributed by atoms with Crippen LogP contribution in [0.5, 0.6) is 5.75 Å². The van der Waals surface area contributed by atoms with Crippen molar-refractivity contribution in [3.05, 3.63) is 28.8 Å². The lowest BCUT2D eigenvalue weighted by Gasteiger charge is -2.14. The molecule has 0 atom stereocenters. The van der Waals surface area contributed by atoms with Crippen LogP contribution < -0.4 is 10.1 Å². The molecule has 108 valence electrons. The Balaban J connectivity index is 2.53. The second-order valence-electron chi connectivity index (χ2n) is 4.74. The molecule has 0 spiro atoms. The molecule has 0 aliphatic carbocycles. The van der Waals surface area contributed by atoms with Crippen molar-refractivity contribution in [1.29, 1.82) is 0 Å². The Kier molecular flexibility index (Phi) is 7.99. The second-order valence-corrected chi connectivity index (χ2v) is 6.13. The number of hydrogen-bond acceptors (Lipinski definition) is 3. The van der Waals surface area contributed by atoms with Crippen molar-refractivity contribution in [1.82, 2.24) is 5.32 Å². The van der Waals surface area contributed by atoms with Gasteiger partial charge in [-0.05, 0) is 55.0 Å². The number of nitrogens with one attached hydrogen (secondary N) is 1. The van der Waals surface area contributed by atoms with Crippen LogP contribution in [0.1, 0.15) is 37.0 Å². The molecule has 1 N–H and O–H groups in total. The summed E-state index contributed by atoms with van der Waals surface area (Å²) in [4.78, 5) is 0. The summed E-state index contributed by atoms with van der Waals surface area (Å²) < 4.78 is 5.94. The van der Waals surface area contributed by atoms with Crippen LogP contribution in [0.2, 0.25) is 0 Å². The van der Waals surface area contributed by atoms with Crippen molar-refractivity contribution < 1.29 is 4.74 Å². The molecule has 19 heavy (non-hydrogen) atoms. The van der Waals surface area contributed by atoms with Gasteiger partial charge in [0, 0.05) is 6.54 Å². The van der Waals surface area contributed by atoms with Crippen LogP contribution in [-0.2, 0) is 6.54 Å². The maximum absolute atomic E-state index is 5.94. The van der Waals surface area contributed by atoms with E-state index in [4.69, 9.17) is 4.74 Å². The normalized spacial score (nSPS) is 10.7. The number of rotatable bonds is 9. The zero-order valence-electron chi connectivity index (χ0n) is 12.7. The SMILES string of the molecule is CCNCc1cc(C)c(OCCCSCC)c(C)c1. The molecule has 1 aromatic carbocycles. The smallest absolute Gasteiger partial charge is 0.125 e. The molecule has 0 aliphatic rings. The molecule has 0 aromatic heterocycles. The van der Waals surface area contributed by atoms with Gasteiger partial charge in [-0.3, -0.25) is 0 Å². The first-order valence-corrected chi connectivity index (χ1v) is 8.35. The van der Waals surface area contributed by atoms with E-state index in [-0.39, 0.29) is 0 Å². The van der Waals surface area contributed by atoms with Crippen molar-refractivity contribution in [2.24, 2.45) is 0 Å². The molecule has 2 nitrogen and oxygen atoms in total. The van der Waals surface area contributed by atoms with Gasteiger partial charge in [0.05, 0.1) is 6.61 Å². The summed E-state index contributed by atoms with van der Waals surface area (Å²) in [5.41, 5.74) is 3.83. The minimum absolute atomic E-state index is 0.821. The Morgan fingerprint density at radius 3 is 2.42 bits per heavy atom. The molecule has 3 heteroatoms. The highest BCUT2D eigenvalue weighted by Gasteiger charge is 2.06. The van der Waals surface area contributed by atoms with E-state index < -0.39 is 0 Å². The van der Waals surface area contributed by atoms with Gasteiger partial charge in [0.25, 0.3) is 0 Å². The molecular formula is C16H27NOS. The maximum atomic E-state index is 5.94. The van der Waals surface area contributed by atoms with Crippen LogP contribution in [0.4, 0.5) is 0 Å². The van der Waals surface area contributed by atoms with Crippen LogP contribution in [0.3, 0.4) is 0 Å². The van der Waals surface area contributed by atoms with E-state index in [1.165, 1.54) is 28.2 Å². The monoisotopic (exact) mass is 281 g/mol. The molecule has 0 heterocycles. The summed E-state index contributed by atoms with van der Waals surface area (Å²) >= 11 is 1.97. The third kappa shape index (κ3) is 5.87. The van der Waals surface area contributed by atoms with Crippen LogP contribution in [0.25, 0.3) is 0 Å². The first-order valence-electron chi connectivity index (χ1n) is 7.20. The fraction of sp³-hybridized carbons (Fsp3) is 0.625. The van der Waals surface area contributed by atoms with Gasteiger partial charge in [0.1, 0.15) is 5.75 Å². The number of hydrogen-bond donors (Lipinski definition) is 1. The first kappa shape index (κ1) is 16.4. The number of ether oxygens (including phenoxy) is 1. The fourth-order valence-electron chi connectivity index (χ4n) is 2.12. The number of aryl methyl sites for hydroxylation is 2. The summed E-state index contributed by atoms with van der Waals surface area (Å²) in [5, 5.41) is 3.36. The summed E-state index contributed by atoms with van der Waals surface area (Å²) in [6.07, 6.45) is 1.12. The lowest BCUT2D eigenvalue weighted by molar-refractivity contribution is 0.314. The molecule has 0 bridgehead atoms. The van der Waals surface area contributed by atoms with E-state index in [9.17, 15) is 0 Å². The first-order chi connectivity index (χ1) is 9.19. The van der Waals surface area contributed by atoms with Gasteiger partial charge in [0.15, 0.2) is 0 Å². The molecule has 0 aliphatic heterocycles. The molecule has 1 rings (SSSR count). The van der Waals surface area contributed by atoms with Gasteiger partial charge in [-0.1, -0.05) is 26.0 Å². The van der Waals surface area contributed by atoms with E-state index in [2.05, 4.69) is 45.1 Å². The number of benzene rings is 1. The van der Waals surface area contributed by atoms with Crippen LogP contribution in [0.15, 0.2) is 12.1 Å². The lowest BCUT2D eigenvalue weighted by atomic mass is 10.1. The predicted octanol–water partition coefficient (Wildman–Crippen LogP) is 3.93. The Morgan fingerprint density at radius 2 is 1.84 bits per heavy atom. The van der Waals surface area contributed by atoms with Gasteiger partial charge in [-0.15, -0.1) is 0 Å². The average Bonchev–Trinajstić information content (AvgIpc) is 2.38. The molecule has 0 amide bonds. The van der Waals surface area contributed by atoms with Crippen molar-refractivity contribution in [3.63, 3.8) is 0 Å². The molecular weight excluding hydrogens is 254 g/mol. The van der Waals surface area contributed by atoms with Gasteiger partial charge in [0.2, 0.25) is 0 Å². The summed E-state index contributed by atoms with van der Waals surface area (Å²) in [7, 11) is 0. The van der Waals surface area contributed by atoms with E-state index >= 15 is 0 Å². The van der Waals surface area contributed by atoms with E-state index in [1.807, 2.05) is 11.8 Å². The third-order valence-electron chi connectivity index (χ3n) is 2.98. The summed E-state index contributed by atoms with van der Waals surface area (Å²) in [6, 6.07) is 4.46. The minimum Gasteiger partial charge on any atom is -0.493 e. The average molecular weight is 281 g/mol. The zero-order chi connectivity index (χ0) is 14.1. The van der Waals surface area contributed by atoms with Crippen molar-refractivity contribution in [2.75, 3.05) is 24.7 Å². The van der Waals surface area contributed by atoms with Crippen molar-refractivity contribution >= 4 is 11.8 Å². The quantitative estimate of drug-likeness (QED) is 0.693. The molecule has 0 fully saturated rings. The minimum atomic E-state index is 0.821. The molecule has 0 unspecified atom stereocenters. The van der Waals surface area contributed by atoms with Gasteiger partial charge in [-0.2, -0.15) is 11.8 Å². The van der Waals surface area contributed by atoms with Crippen LogP contribution in [0, 0.1) is 13.8 Å².